The largest absolute Gasteiger partial charge is 0.497 e. The molecule has 0 bridgehead atoms. The number of hydrogen-bond donors (Lipinski definition) is 2. The van der Waals surface area contributed by atoms with Crippen molar-refractivity contribution in [3.05, 3.63) is 88.9 Å². The molecule has 0 unspecified atom stereocenters. The van der Waals surface area contributed by atoms with E-state index in [1.165, 1.54) is 0 Å². The summed E-state index contributed by atoms with van der Waals surface area (Å²) in [7, 11) is 1.63. The predicted molar refractivity (Wildman–Crippen MR) is 110 cm³/mol. The van der Waals surface area contributed by atoms with Gasteiger partial charge in [0.15, 0.2) is 0 Å². The molecule has 5 heteroatoms. The molecule has 0 spiro atoms. The first-order valence-electron chi connectivity index (χ1n) is 8.48. The van der Waals surface area contributed by atoms with Crippen LogP contribution in [-0.2, 0) is 4.79 Å². The Morgan fingerprint density at radius 3 is 2.44 bits per heavy atom. The minimum atomic E-state index is -0.160. The average molecular weight is 377 g/mol. The van der Waals surface area contributed by atoms with Crippen LogP contribution in [0.3, 0.4) is 0 Å². The molecule has 3 aromatic rings. The van der Waals surface area contributed by atoms with Crippen molar-refractivity contribution in [1.82, 2.24) is 0 Å². The molecule has 0 saturated heterocycles. The summed E-state index contributed by atoms with van der Waals surface area (Å²) in [5, 5.41) is 6.89. The maximum absolute atomic E-state index is 12.8. The third-order valence-corrected chi connectivity index (χ3v) is 4.63. The molecule has 134 valence electrons. The number of carbonyl (C=O) groups excluding carboxylic acids is 1. The summed E-state index contributed by atoms with van der Waals surface area (Å²) >= 11 is 6.08. The molecule has 3 aromatic carbocycles. The van der Waals surface area contributed by atoms with Crippen molar-refractivity contribution in [1.29, 1.82) is 0 Å². The van der Waals surface area contributed by atoms with Crippen molar-refractivity contribution in [2.24, 2.45) is 0 Å². The average Bonchev–Trinajstić information content (AvgIpc) is 3.02. The van der Waals surface area contributed by atoms with E-state index in [0.29, 0.717) is 16.3 Å². The van der Waals surface area contributed by atoms with Gasteiger partial charge in [-0.05, 0) is 42.0 Å². The molecular weight excluding hydrogens is 360 g/mol. The van der Waals surface area contributed by atoms with E-state index in [0.717, 1.165) is 28.3 Å². The van der Waals surface area contributed by atoms with Crippen LogP contribution in [0.1, 0.15) is 11.1 Å². The molecule has 27 heavy (non-hydrogen) atoms. The van der Waals surface area contributed by atoms with Gasteiger partial charge in [-0.2, -0.15) is 0 Å². The number of benzene rings is 3. The standard InChI is InChI=1S/C22H17ClN2O2/c1-27-17-10-8-16(9-11-17)24-21(14-5-3-2-4-6-14)20-18-12-7-15(23)13-19(18)25-22(20)26/h2-13,24H,1H3,(H,25,26)/b21-20-. The lowest BCUT2D eigenvalue weighted by molar-refractivity contribution is -0.110. The fourth-order valence-electron chi connectivity index (χ4n) is 3.10. The zero-order valence-electron chi connectivity index (χ0n) is 14.6. The number of hydrogen-bond acceptors (Lipinski definition) is 3. The van der Waals surface area contributed by atoms with Crippen LogP contribution in [0.4, 0.5) is 11.4 Å². The second-order valence-corrected chi connectivity index (χ2v) is 6.55. The highest BCUT2D eigenvalue weighted by atomic mass is 35.5. The van der Waals surface area contributed by atoms with Crippen LogP contribution in [0.5, 0.6) is 5.75 Å². The Labute approximate surface area is 162 Å². The number of halogens is 1. The molecule has 1 amide bonds. The molecule has 0 aliphatic carbocycles. The molecule has 0 aromatic heterocycles. The van der Waals surface area contributed by atoms with Crippen molar-refractivity contribution in [2.45, 2.75) is 0 Å². The summed E-state index contributed by atoms with van der Waals surface area (Å²) in [5.41, 5.74) is 4.64. The van der Waals surface area contributed by atoms with Crippen molar-refractivity contribution in [3.8, 4) is 5.75 Å². The number of carbonyl (C=O) groups is 1. The maximum atomic E-state index is 12.8. The van der Waals surface area contributed by atoms with Crippen molar-refractivity contribution in [2.75, 3.05) is 17.7 Å². The van der Waals surface area contributed by atoms with Crippen LogP contribution < -0.4 is 15.4 Å². The number of amides is 1. The molecule has 0 fully saturated rings. The first-order chi connectivity index (χ1) is 13.2. The third kappa shape index (κ3) is 3.39. The molecular formula is C22H17ClN2O2. The highest BCUT2D eigenvalue weighted by molar-refractivity contribution is 6.38. The van der Waals surface area contributed by atoms with E-state index in [-0.39, 0.29) is 5.91 Å². The molecule has 4 nitrogen and oxygen atoms in total. The second kappa shape index (κ2) is 7.17. The van der Waals surface area contributed by atoms with E-state index in [4.69, 9.17) is 16.3 Å². The van der Waals surface area contributed by atoms with Gasteiger partial charge in [-0.25, -0.2) is 0 Å². The molecule has 4 rings (SSSR count). The molecule has 2 N–H and O–H groups in total. The Hall–Kier alpha value is -3.24. The summed E-state index contributed by atoms with van der Waals surface area (Å²) in [6, 6.07) is 22.8. The Bertz CT molecular complexity index is 1030. The first kappa shape index (κ1) is 17.2. The monoisotopic (exact) mass is 376 g/mol. The van der Waals surface area contributed by atoms with Gasteiger partial charge >= 0.3 is 0 Å². The Balaban J connectivity index is 1.86. The van der Waals surface area contributed by atoms with Crippen molar-refractivity contribution >= 4 is 40.2 Å². The zero-order valence-corrected chi connectivity index (χ0v) is 15.4. The Morgan fingerprint density at radius 1 is 1.00 bits per heavy atom. The molecule has 0 atom stereocenters. The minimum Gasteiger partial charge on any atom is -0.497 e. The van der Waals surface area contributed by atoms with E-state index in [9.17, 15) is 4.79 Å². The van der Waals surface area contributed by atoms with E-state index in [1.807, 2.05) is 60.7 Å². The van der Waals surface area contributed by atoms with E-state index < -0.39 is 0 Å². The van der Waals surface area contributed by atoms with E-state index in [1.54, 1.807) is 19.2 Å². The summed E-state index contributed by atoms with van der Waals surface area (Å²) in [6.07, 6.45) is 0. The molecule has 0 saturated carbocycles. The van der Waals surface area contributed by atoms with Crippen molar-refractivity contribution in [3.63, 3.8) is 0 Å². The van der Waals surface area contributed by atoms with Gasteiger partial charge < -0.3 is 15.4 Å². The lowest BCUT2D eigenvalue weighted by Gasteiger charge is -2.15. The molecule has 0 radical (unpaired) electrons. The number of anilines is 2. The molecule has 1 aliphatic rings. The fourth-order valence-corrected chi connectivity index (χ4v) is 3.27. The van der Waals surface area contributed by atoms with Crippen LogP contribution in [-0.4, -0.2) is 13.0 Å². The van der Waals surface area contributed by atoms with Gasteiger partial charge in [0.1, 0.15) is 5.75 Å². The lowest BCUT2D eigenvalue weighted by atomic mass is 10.00. The van der Waals surface area contributed by atoms with Gasteiger partial charge in [-0.3, -0.25) is 4.79 Å². The van der Waals surface area contributed by atoms with Crippen LogP contribution >= 0.6 is 11.6 Å². The van der Waals surface area contributed by atoms with Gasteiger partial charge in [-0.1, -0.05) is 48.0 Å². The minimum absolute atomic E-state index is 0.160. The highest BCUT2D eigenvalue weighted by Crippen LogP contribution is 2.38. The van der Waals surface area contributed by atoms with Gasteiger partial charge in [0.05, 0.1) is 24.1 Å². The van der Waals surface area contributed by atoms with Crippen LogP contribution in [0.2, 0.25) is 5.02 Å². The zero-order chi connectivity index (χ0) is 18.8. The first-order valence-corrected chi connectivity index (χ1v) is 8.85. The Kier molecular flexibility index (Phi) is 4.57. The van der Waals surface area contributed by atoms with Gasteiger partial charge in [-0.15, -0.1) is 0 Å². The van der Waals surface area contributed by atoms with Gasteiger partial charge in [0, 0.05) is 16.3 Å². The normalized spacial score (nSPS) is 14.4. The van der Waals surface area contributed by atoms with Gasteiger partial charge in [0.2, 0.25) is 0 Å². The fraction of sp³-hybridized carbons (Fsp3) is 0.0455. The topological polar surface area (TPSA) is 50.4 Å². The van der Waals surface area contributed by atoms with Gasteiger partial charge in [0.25, 0.3) is 5.91 Å². The maximum Gasteiger partial charge on any atom is 0.258 e. The molecule has 1 aliphatic heterocycles. The number of methoxy groups -OCH3 is 1. The number of nitrogens with one attached hydrogen (secondary N) is 2. The van der Waals surface area contributed by atoms with Crippen LogP contribution in [0.25, 0.3) is 11.3 Å². The number of rotatable bonds is 4. The van der Waals surface area contributed by atoms with Crippen LogP contribution in [0, 0.1) is 0 Å². The lowest BCUT2D eigenvalue weighted by Crippen LogP contribution is -2.10. The highest BCUT2D eigenvalue weighted by Gasteiger charge is 2.28. The third-order valence-electron chi connectivity index (χ3n) is 4.40. The number of fused-ring (bicyclic) bond motifs is 1. The summed E-state index contributed by atoms with van der Waals surface area (Å²) < 4.78 is 5.22. The number of ether oxygens (including phenoxy) is 1. The van der Waals surface area contributed by atoms with E-state index >= 15 is 0 Å². The summed E-state index contributed by atoms with van der Waals surface area (Å²) in [4.78, 5) is 12.8. The van der Waals surface area contributed by atoms with Crippen LogP contribution in [0.15, 0.2) is 72.8 Å². The predicted octanol–water partition coefficient (Wildman–Crippen LogP) is 5.28. The summed E-state index contributed by atoms with van der Waals surface area (Å²) in [5.74, 6) is 0.611. The second-order valence-electron chi connectivity index (χ2n) is 6.11. The van der Waals surface area contributed by atoms with E-state index in [2.05, 4.69) is 10.6 Å². The smallest absolute Gasteiger partial charge is 0.258 e. The quantitative estimate of drug-likeness (QED) is 0.609. The molecule has 1 heterocycles. The van der Waals surface area contributed by atoms with Crippen molar-refractivity contribution < 1.29 is 9.53 Å². The SMILES string of the molecule is COc1ccc(N/C(=C2\C(=O)Nc3cc(Cl)ccc32)c2ccccc2)cc1. The summed E-state index contributed by atoms with van der Waals surface area (Å²) in [6.45, 7) is 0. The Morgan fingerprint density at radius 2 is 1.74 bits per heavy atom.